The number of benzene rings is 1. The second-order valence-corrected chi connectivity index (χ2v) is 3.81. The van der Waals surface area contributed by atoms with E-state index in [0.717, 1.165) is 0 Å². The predicted molar refractivity (Wildman–Crippen MR) is 62.6 cm³/mol. The van der Waals surface area contributed by atoms with Crippen LogP contribution in [0, 0.1) is 5.82 Å². The molecule has 0 saturated carbocycles. The van der Waals surface area contributed by atoms with E-state index in [2.05, 4.69) is 15.4 Å². The van der Waals surface area contributed by atoms with Crippen LogP contribution in [0.5, 0.6) is 0 Å². The van der Waals surface area contributed by atoms with Gasteiger partial charge >= 0.3 is 0 Å². The molecule has 1 aromatic carbocycles. The third-order valence-electron chi connectivity index (χ3n) is 2.34. The standard InChI is InChI=1S/C11H10ClFN4/c12-9-2-1-7(13)5-8(9)11(17-14)10-3-4-15-6-16-10/h1-6,11,17H,14H2. The van der Waals surface area contributed by atoms with Gasteiger partial charge in [0, 0.05) is 11.2 Å². The fraction of sp³-hybridized carbons (Fsp3) is 0.0909. The van der Waals surface area contributed by atoms with Gasteiger partial charge in [0.25, 0.3) is 0 Å². The Bertz CT molecular complexity index is 506. The number of nitrogens with one attached hydrogen (secondary N) is 1. The van der Waals surface area contributed by atoms with Gasteiger partial charge in [-0.15, -0.1) is 0 Å². The maximum atomic E-state index is 13.2. The van der Waals surface area contributed by atoms with Gasteiger partial charge in [-0.2, -0.15) is 0 Å². The van der Waals surface area contributed by atoms with Gasteiger partial charge in [0.15, 0.2) is 0 Å². The molecule has 0 aliphatic carbocycles. The molecule has 1 atom stereocenters. The summed E-state index contributed by atoms with van der Waals surface area (Å²) >= 11 is 6.01. The zero-order valence-corrected chi connectivity index (χ0v) is 9.53. The first-order chi connectivity index (χ1) is 8.22. The lowest BCUT2D eigenvalue weighted by Gasteiger charge is -2.16. The summed E-state index contributed by atoms with van der Waals surface area (Å²) in [4.78, 5) is 7.87. The van der Waals surface area contributed by atoms with E-state index in [4.69, 9.17) is 17.4 Å². The Kier molecular flexibility index (Phi) is 3.63. The van der Waals surface area contributed by atoms with Crippen LogP contribution in [0.25, 0.3) is 0 Å². The second kappa shape index (κ2) is 5.18. The van der Waals surface area contributed by atoms with E-state index >= 15 is 0 Å². The molecule has 0 aliphatic rings. The number of aromatic nitrogens is 2. The normalized spacial score (nSPS) is 12.4. The molecule has 0 radical (unpaired) electrons. The second-order valence-electron chi connectivity index (χ2n) is 3.40. The lowest BCUT2D eigenvalue weighted by molar-refractivity contribution is 0.597. The van der Waals surface area contributed by atoms with E-state index in [1.807, 2.05) is 0 Å². The molecule has 1 unspecified atom stereocenters. The Labute approximate surface area is 103 Å². The number of hydrogen-bond acceptors (Lipinski definition) is 4. The zero-order valence-electron chi connectivity index (χ0n) is 8.77. The smallest absolute Gasteiger partial charge is 0.123 e. The molecule has 0 saturated heterocycles. The molecular weight excluding hydrogens is 243 g/mol. The highest BCUT2D eigenvalue weighted by molar-refractivity contribution is 6.31. The van der Waals surface area contributed by atoms with Crippen molar-refractivity contribution < 1.29 is 4.39 Å². The van der Waals surface area contributed by atoms with Gasteiger partial charge < -0.3 is 0 Å². The monoisotopic (exact) mass is 252 g/mol. The summed E-state index contributed by atoms with van der Waals surface area (Å²) < 4.78 is 13.2. The number of hydrogen-bond donors (Lipinski definition) is 2. The third kappa shape index (κ3) is 2.58. The Morgan fingerprint density at radius 2 is 2.18 bits per heavy atom. The fourth-order valence-electron chi connectivity index (χ4n) is 1.54. The Hall–Kier alpha value is -1.56. The average Bonchev–Trinajstić information content (AvgIpc) is 2.36. The minimum absolute atomic E-state index is 0.376. The topological polar surface area (TPSA) is 63.8 Å². The van der Waals surface area contributed by atoms with Crippen LogP contribution in [0.1, 0.15) is 17.3 Å². The van der Waals surface area contributed by atoms with Crippen molar-refractivity contribution >= 4 is 11.6 Å². The van der Waals surface area contributed by atoms with E-state index in [1.165, 1.54) is 24.5 Å². The van der Waals surface area contributed by atoms with E-state index in [0.29, 0.717) is 16.3 Å². The molecule has 6 heteroatoms. The minimum atomic E-state index is -0.471. The van der Waals surface area contributed by atoms with Gasteiger partial charge in [-0.1, -0.05) is 11.6 Å². The van der Waals surface area contributed by atoms with Crippen LogP contribution in [0.4, 0.5) is 4.39 Å². The van der Waals surface area contributed by atoms with Crippen molar-refractivity contribution in [3.8, 4) is 0 Å². The van der Waals surface area contributed by atoms with Crippen LogP contribution >= 0.6 is 11.6 Å². The summed E-state index contributed by atoms with van der Waals surface area (Å²) in [7, 11) is 0. The summed E-state index contributed by atoms with van der Waals surface area (Å²) in [6, 6.07) is 5.32. The number of nitrogens with two attached hydrogens (primary N) is 1. The van der Waals surface area contributed by atoms with Crippen molar-refractivity contribution in [2.75, 3.05) is 0 Å². The molecule has 1 aromatic heterocycles. The molecule has 17 heavy (non-hydrogen) atoms. The molecule has 0 bridgehead atoms. The van der Waals surface area contributed by atoms with Gasteiger partial charge in [-0.05, 0) is 29.8 Å². The first kappa shape index (κ1) is 11.9. The number of halogens is 2. The lowest BCUT2D eigenvalue weighted by atomic mass is 10.0. The van der Waals surface area contributed by atoms with Gasteiger partial charge in [0.1, 0.15) is 12.1 Å². The van der Waals surface area contributed by atoms with Crippen LogP contribution < -0.4 is 11.3 Å². The molecular formula is C11H10ClFN4. The summed E-state index contributed by atoms with van der Waals surface area (Å²) in [5.74, 6) is 5.09. The number of rotatable bonds is 3. The van der Waals surface area contributed by atoms with Crippen LogP contribution in [-0.2, 0) is 0 Å². The molecule has 1 heterocycles. The van der Waals surface area contributed by atoms with Crippen molar-refractivity contribution in [3.05, 3.63) is 58.9 Å². The zero-order chi connectivity index (χ0) is 12.3. The van der Waals surface area contributed by atoms with E-state index in [9.17, 15) is 4.39 Å². The van der Waals surface area contributed by atoms with Gasteiger partial charge in [-0.3, -0.25) is 5.84 Å². The Morgan fingerprint density at radius 1 is 1.35 bits per heavy atom. The van der Waals surface area contributed by atoms with Crippen molar-refractivity contribution in [1.29, 1.82) is 0 Å². The van der Waals surface area contributed by atoms with Gasteiger partial charge in [0.05, 0.1) is 11.7 Å². The van der Waals surface area contributed by atoms with Crippen LogP contribution in [-0.4, -0.2) is 9.97 Å². The molecule has 0 fully saturated rings. The Morgan fingerprint density at radius 3 is 2.82 bits per heavy atom. The minimum Gasteiger partial charge on any atom is -0.271 e. The van der Waals surface area contributed by atoms with Crippen molar-refractivity contribution in [1.82, 2.24) is 15.4 Å². The highest BCUT2D eigenvalue weighted by Gasteiger charge is 2.17. The molecule has 0 spiro atoms. The molecule has 2 rings (SSSR count). The Balaban J connectivity index is 2.46. The first-order valence-corrected chi connectivity index (χ1v) is 5.27. The maximum absolute atomic E-state index is 13.2. The summed E-state index contributed by atoms with van der Waals surface area (Å²) in [5.41, 5.74) is 3.72. The van der Waals surface area contributed by atoms with E-state index in [1.54, 1.807) is 12.3 Å². The van der Waals surface area contributed by atoms with Crippen molar-refractivity contribution in [2.24, 2.45) is 5.84 Å². The van der Waals surface area contributed by atoms with E-state index < -0.39 is 6.04 Å². The van der Waals surface area contributed by atoms with Crippen LogP contribution in [0.15, 0.2) is 36.8 Å². The SMILES string of the molecule is NNC(c1ccncn1)c1cc(F)ccc1Cl. The fourth-order valence-corrected chi connectivity index (χ4v) is 1.77. The summed E-state index contributed by atoms with van der Waals surface area (Å²) in [5, 5.41) is 0.424. The third-order valence-corrected chi connectivity index (χ3v) is 2.68. The van der Waals surface area contributed by atoms with Gasteiger partial charge in [-0.25, -0.2) is 19.8 Å². The first-order valence-electron chi connectivity index (χ1n) is 4.89. The molecule has 0 amide bonds. The molecule has 0 aliphatic heterocycles. The number of nitrogens with zero attached hydrogens (tertiary/aromatic N) is 2. The van der Waals surface area contributed by atoms with Crippen LogP contribution in [0.3, 0.4) is 0 Å². The quantitative estimate of drug-likeness (QED) is 0.646. The van der Waals surface area contributed by atoms with Crippen molar-refractivity contribution in [2.45, 2.75) is 6.04 Å². The summed E-state index contributed by atoms with van der Waals surface area (Å²) in [6.07, 6.45) is 2.98. The molecule has 4 nitrogen and oxygen atoms in total. The average molecular weight is 253 g/mol. The summed E-state index contributed by atoms with van der Waals surface area (Å²) in [6.45, 7) is 0. The maximum Gasteiger partial charge on any atom is 0.123 e. The van der Waals surface area contributed by atoms with Gasteiger partial charge in [0.2, 0.25) is 0 Å². The highest BCUT2D eigenvalue weighted by atomic mass is 35.5. The largest absolute Gasteiger partial charge is 0.271 e. The molecule has 2 aromatic rings. The lowest BCUT2D eigenvalue weighted by Crippen LogP contribution is -2.29. The highest BCUT2D eigenvalue weighted by Crippen LogP contribution is 2.27. The van der Waals surface area contributed by atoms with E-state index in [-0.39, 0.29) is 5.82 Å². The molecule has 3 N–H and O–H groups in total. The van der Waals surface area contributed by atoms with Crippen molar-refractivity contribution in [3.63, 3.8) is 0 Å². The predicted octanol–water partition coefficient (Wildman–Crippen LogP) is 1.82. The number of hydrazine groups is 1. The molecule has 88 valence electrons. The van der Waals surface area contributed by atoms with Crippen LogP contribution in [0.2, 0.25) is 5.02 Å².